The van der Waals surface area contributed by atoms with E-state index in [2.05, 4.69) is 10.4 Å². The van der Waals surface area contributed by atoms with E-state index in [9.17, 15) is 36.4 Å². The lowest BCUT2D eigenvalue weighted by Crippen LogP contribution is -2.37. The van der Waals surface area contributed by atoms with E-state index in [1.54, 1.807) is 42.5 Å². The van der Waals surface area contributed by atoms with Crippen molar-refractivity contribution < 1.29 is 45.7 Å². The molecule has 1 aliphatic rings. The van der Waals surface area contributed by atoms with E-state index < -0.39 is 46.0 Å². The molecule has 1 aliphatic heterocycles. The van der Waals surface area contributed by atoms with Crippen LogP contribution in [0.5, 0.6) is 0 Å². The van der Waals surface area contributed by atoms with Crippen molar-refractivity contribution in [1.29, 1.82) is 0 Å². The fourth-order valence-electron chi connectivity index (χ4n) is 4.77. The van der Waals surface area contributed by atoms with E-state index in [4.69, 9.17) is 9.57 Å². The molecule has 0 spiro atoms. The zero-order chi connectivity index (χ0) is 34.6. The summed E-state index contributed by atoms with van der Waals surface area (Å²) in [5.41, 5.74) is 0.828. The molecule has 0 radical (unpaired) electrons. The number of alkyl halides is 3. The normalized spacial score (nSPS) is 16.0. The van der Waals surface area contributed by atoms with Gasteiger partial charge in [0, 0.05) is 12.5 Å². The number of hydrogen-bond donors (Lipinski definition) is 1. The Morgan fingerprint density at radius 3 is 2.38 bits per heavy atom. The number of sulfonamides is 1. The fourth-order valence-corrected chi connectivity index (χ4v) is 5.82. The van der Waals surface area contributed by atoms with Gasteiger partial charge in [0.05, 0.1) is 45.8 Å². The number of amides is 1. The first-order valence-electron chi connectivity index (χ1n) is 14.5. The predicted octanol–water partition coefficient (Wildman–Crippen LogP) is 5.01. The largest absolute Gasteiger partial charge is 0.569 e. The highest BCUT2D eigenvalue weighted by molar-refractivity contribution is 7.90. The number of aryl methyl sites for hydroxylation is 1. The lowest BCUT2D eigenvalue weighted by Gasteiger charge is -2.14. The smallest absolute Gasteiger partial charge is 0.435 e. The number of hydrogen-bond acceptors (Lipinski definition) is 9. The number of nitrogens with one attached hydrogen (secondary N) is 1. The van der Waals surface area contributed by atoms with Crippen LogP contribution < -0.4 is 4.72 Å². The van der Waals surface area contributed by atoms with Crippen LogP contribution in [0.15, 0.2) is 95.1 Å². The van der Waals surface area contributed by atoms with Crippen LogP contribution in [-0.2, 0) is 30.6 Å². The van der Waals surface area contributed by atoms with Gasteiger partial charge < -0.3 is 9.94 Å². The van der Waals surface area contributed by atoms with Gasteiger partial charge in [0.2, 0.25) is 11.2 Å². The number of nitrogens with zero attached hydrogens (tertiary/aromatic N) is 5. The van der Waals surface area contributed by atoms with Gasteiger partial charge in [-0.15, -0.1) is 5.01 Å². The topological polar surface area (TPSA) is 158 Å². The molecule has 1 fully saturated rings. The van der Waals surface area contributed by atoms with Gasteiger partial charge in [0.1, 0.15) is 0 Å². The van der Waals surface area contributed by atoms with Crippen LogP contribution in [0.25, 0.3) is 16.9 Å². The molecule has 2 unspecified atom stereocenters. The van der Waals surface area contributed by atoms with Gasteiger partial charge in [-0.05, 0) is 55.8 Å². The molecule has 1 saturated heterocycles. The molecule has 17 heteroatoms. The third kappa shape index (κ3) is 7.91. The van der Waals surface area contributed by atoms with E-state index in [0.29, 0.717) is 5.56 Å². The maximum Gasteiger partial charge on any atom is 0.435 e. The highest BCUT2D eigenvalue weighted by Gasteiger charge is 2.36. The molecule has 2 atom stereocenters. The number of hydrazine groups is 1. The van der Waals surface area contributed by atoms with Crippen molar-refractivity contribution in [2.75, 3.05) is 13.1 Å². The second kappa shape index (κ2) is 13.7. The SMILES string of the molecule is Cc1ccc(-c2cc(C(F)(F)F)nn2-c2ccc(S(=O)(=O)NC(=O)C3CCN([N+]([O-])=NOC(C)OC(=O)c4ccccc4)C3)cc2)cc1. The summed E-state index contributed by atoms with van der Waals surface area (Å²) >= 11 is 0. The maximum absolute atomic E-state index is 13.5. The van der Waals surface area contributed by atoms with E-state index in [1.165, 1.54) is 31.2 Å². The van der Waals surface area contributed by atoms with Crippen LogP contribution >= 0.6 is 0 Å². The van der Waals surface area contributed by atoms with Crippen molar-refractivity contribution >= 4 is 21.9 Å². The number of halogens is 3. The van der Waals surface area contributed by atoms with Crippen molar-refractivity contribution in [1.82, 2.24) is 19.5 Å². The van der Waals surface area contributed by atoms with Crippen LogP contribution in [0.2, 0.25) is 0 Å². The van der Waals surface area contributed by atoms with Crippen molar-refractivity contribution in [2.45, 2.75) is 37.6 Å². The molecule has 0 bridgehead atoms. The van der Waals surface area contributed by atoms with Crippen LogP contribution in [0, 0.1) is 18.0 Å². The summed E-state index contributed by atoms with van der Waals surface area (Å²) in [6.07, 6.45) is -5.80. The summed E-state index contributed by atoms with van der Waals surface area (Å²) in [7, 11) is -4.39. The molecule has 0 aliphatic carbocycles. The van der Waals surface area contributed by atoms with Gasteiger partial charge in [-0.3, -0.25) is 9.63 Å². The minimum absolute atomic E-state index is 0.0501. The molecular weight excluding hydrogens is 657 g/mol. The Hall–Kier alpha value is -5.45. The number of esters is 1. The molecule has 5 rings (SSSR count). The summed E-state index contributed by atoms with van der Waals surface area (Å²) in [5, 5.41) is 20.6. The Morgan fingerprint density at radius 1 is 1.06 bits per heavy atom. The van der Waals surface area contributed by atoms with Crippen molar-refractivity contribution in [3.63, 3.8) is 0 Å². The van der Waals surface area contributed by atoms with E-state index in [1.807, 2.05) is 11.6 Å². The first kappa shape index (κ1) is 33.9. The number of carbonyl (C=O) groups is 2. The maximum atomic E-state index is 13.5. The molecule has 2 heterocycles. The highest BCUT2D eigenvalue weighted by Crippen LogP contribution is 2.33. The van der Waals surface area contributed by atoms with Crippen LogP contribution in [-0.4, -0.2) is 59.4 Å². The molecule has 1 N–H and O–H groups in total. The predicted molar refractivity (Wildman–Crippen MR) is 162 cm³/mol. The zero-order valence-corrected chi connectivity index (χ0v) is 26.3. The lowest BCUT2D eigenvalue weighted by molar-refractivity contribution is -0.709. The third-order valence-corrected chi connectivity index (χ3v) is 8.66. The number of ether oxygens (including phenoxy) is 1. The Bertz CT molecular complexity index is 1920. The van der Waals surface area contributed by atoms with E-state index >= 15 is 0 Å². The van der Waals surface area contributed by atoms with Crippen molar-refractivity contribution in [3.05, 3.63) is 107 Å². The van der Waals surface area contributed by atoms with Gasteiger partial charge in [-0.25, -0.2) is 22.6 Å². The summed E-state index contributed by atoms with van der Waals surface area (Å²) < 4.78 is 74.7. The summed E-state index contributed by atoms with van der Waals surface area (Å²) in [4.78, 5) is 29.7. The molecule has 0 saturated carbocycles. The summed E-state index contributed by atoms with van der Waals surface area (Å²) in [6, 6.07) is 20.6. The van der Waals surface area contributed by atoms with Gasteiger partial charge >= 0.3 is 12.1 Å². The first-order chi connectivity index (χ1) is 22.7. The highest BCUT2D eigenvalue weighted by atomic mass is 32.2. The molecular formula is C31H29F3N6O7S. The Labute approximate surface area is 272 Å². The third-order valence-electron chi connectivity index (χ3n) is 7.30. The second-order valence-corrected chi connectivity index (χ2v) is 12.5. The molecule has 252 valence electrons. The minimum Gasteiger partial charge on any atom is -0.569 e. The van der Waals surface area contributed by atoms with Gasteiger partial charge in [0.15, 0.2) is 5.69 Å². The van der Waals surface area contributed by atoms with Gasteiger partial charge in [-0.1, -0.05) is 48.0 Å². The Morgan fingerprint density at radius 2 is 1.73 bits per heavy atom. The minimum atomic E-state index is -4.71. The molecule has 1 aromatic heterocycles. The summed E-state index contributed by atoms with van der Waals surface area (Å²) in [6.45, 7) is 3.06. The number of rotatable bonds is 10. The van der Waals surface area contributed by atoms with Crippen LogP contribution in [0.4, 0.5) is 13.2 Å². The number of aromatic nitrogens is 2. The van der Waals surface area contributed by atoms with E-state index in [-0.39, 0.29) is 46.3 Å². The average Bonchev–Trinajstić information content (AvgIpc) is 3.73. The number of benzene rings is 3. The van der Waals surface area contributed by atoms with Crippen LogP contribution in [0.3, 0.4) is 0 Å². The van der Waals surface area contributed by atoms with Gasteiger partial charge in [-0.2, -0.15) is 18.3 Å². The van der Waals surface area contributed by atoms with Gasteiger partial charge in [0.25, 0.3) is 16.3 Å². The first-order valence-corrected chi connectivity index (χ1v) is 16.0. The standard InChI is InChI=1S/C31H29F3N6O7S/c1-20-8-10-22(11-9-20)27-18-28(31(32,33)34)35-39(27)25-12-14-26(15-13-25)48(44,45)36-29(41)24-16-17-38(19-24)40(43)37-47-21(2)46-30(42)23-6-4-3-5-7-23/h3-15,18,21,24H,16-17,19H2,1-2H3,(H,36,41). The zero-order valence-electron chi connectivity index (χ0n) is 25.5. The Kier molecular flexibility index (Phi) is 9.69. The molecule has 3 aromatic carbocycles. The number of carbonyl (C=O) groups excluding carboxylic acids is 2. The lowest BCUT2D eigenvalue weighted by atomic mass is 10.1. The van der Waals surface area contributed by atoms with Crippen LogP contribution in [0.1, 0.15) is 35.0 Å². The quantitative estimate of drug-likeness (QED) is 0.0796. The van der Waals surface area contributed by atoms with Crippen molar-refractivity contribution in [3.8, 4) is 16.9 Å². The molecule has 48 heavy (non-hydrogen) atoms. The average molecular weight is 687 g/mol. The fraction of sp³-hybridized carbons (Fsp3) is 0.258. The second-order valence-electron chi connectivity index (χ2n) is 10.8. The molecule has 1 amide bonds. The molecule has 4 aromatic rings. The van der Waals surface area contributed by atoms with Crippen molar-refractivity contribution in [2.24, 2.45) is 11.2 Å². The van der Waals surface area contributed by atoms with E-state index in [0.717, 1.165) is 33.5 Å². The monoisotopic (exact) mass is 686 g/mol. The summed E-state index contributed by atoms with van der Waals surface area (Å²) in [5.74, 6) is -2.46. The Balaban J connectivity index is 1.21. The molecule has 13 nitrogen and oxygen atoms in total.